The number of amides is 1. The third-order valence-corrected chi connectivity index (χ3v) is 9.07. The van der Waals surface area contributed by atoms with Gasteiger partial charge in [0.05, 0.1) is 52.9 Å². The van der Waals surface area contributed by atoms with E-state index in [1.54, 1.807) is 6.07 Å². The highest BCUT2D eigenvalue weighted by Crippen LogP contribution is 2.37. The molecular weight excluding hydrogens is 537 g/mol. The van der Waals surface area contributed by atoms with Crippen LogP contribution in [0.25, 0.3) is 0 Å². The number of rotatable bonds is 9. The Balaban J connectivity index is 1.41. The van der Waals surface area contributed by atoms with Gasteiger partial charge in [0.1, 0.15) is 0 Å². The lowest BCUT2D eigenvalue weighted by Crippen LogP contribution is -2.40. The van der Waals surface area contributed by atoms with Gasteiger partial charge in [0.25, 0.3) is 5.91 Å². The molecule has 2 aliphatic rings. The number of halogens is 3. The molecule has 4 heterocycles. The van der Waals surface area contributed by atoms with Gasteiger partial charge in [-0.15, -0.1) is 0 Å². The van der Waals surface area contributed by atoms with Gasteiger partial charge in [-0.2, -0.15) is 13.2 Å². The molecule has 0 spiro atoms. The molecule has 2 aromatic heterocycles. The van der Waals surface area contributed by atoms with E-state index in [1.807, 2.05) is 6.92 Å². The van der Waals surface area contributed by atoms with E-state index in [-0.39, 0.29) is 35.6 Å². The molecule has 1 fully saturated rings. The Hall–Kier alpha value is -2.61. The van der Waals surface area contributed by atoms with E-state index < -0.39 is 40.7 Å². The number of aliphatic hydroxyl groups is 1. The molecule has 0 aromatic carbocycles. The fourth-order valence-corrected chi connectivity index (χ4v) is 5.98. The number of sulfone groups is 1. The molecule has 0 aliphatic carbocycles. The fraction of sp³-hybridized carbons (Fsp3) is 0.577. The molecular formula is C26H33F3N4O5S. The summed E-state index contributed by atoms with van der Waals surface area (Å²) in [6.45, 7) is 4.24. The van der Waals surface area contributed by atoms with Crippen LogP contribution in [0.4, 0.5) is 13.2 Å². The molecule has 2 aromatic rings. The Labute approximate surface area is 225 Å². The van der Waals surface area contributed by atoms with Crippen molar-refractivity contribution in [1.82, 2.24) is 20.2 Å². The first-order chi connectivity index (χ1) is 18.5. The predicted octanol–water partition coefficient (Wildman–Crippen LogP) is 3.36. The smallest absolute Gasteiger partial charge is 0.394 e. The third-order valence-electron chi connectivity index (χ3n) is 7.35. The highest BCUT2D eigenvalue weighted by atomic mass is 32.2. The first-order valence-electron chi connectivity index (χ1n) is 13.0. The van der Waals surface area contributed by atoms with E-state index in [2.05, 4.69) is 20.2 Å². The molecule has 0 saturated carbocycles. The summed E-state index contributed by atoms with van der Waals surface area (Å²) in [4.78, 5) is 23.9. The Morgan fingerprint density at radius 2 is 2.00 bits per heavy atom. The van der Waals surface area contributed by atoms with E-state index in [9.17, 15) is 31.5 Å². The van der Waals surface area contributed by atoms with Crippen LogP contribution < -0.4 is 5.32 Å². The van der Waals surface area contributed by atoms with Crippen molar-refractivity contribution in [1.29, 1.82) is 0 Å². The number of nitrogens with one attached hydrogen (secondary N) is 1. The van der Waals surface area contributed by atoms with Gasteiger partial charge >= 0.3 is 6.18 Å². The summed E-state index contributed by atoms with van der Waals surface area (Å²) in [6.07, 6.45) is -2.23. The van der Waals surface area contributed by atoms with Gasteiger partial charge in [-0.05, 0) is 48.9 Å². The van der Waals surface area contributed by atoms with Gasteiger partial charge in [0, 0.05) is 25.5 Å². The van der Waals surface area contributed by atoms with Crippen LogP contribution in [0.15, 0.2) is 35.5 Å². The van der Waals surface area contributed by atoms with Gasteiger partial charge in [-0.25, -0.2) is 8.42 Å². The van der Waals surface area contributed by atoms with E-state index in [1.165, 1.54) is 31.5 Å². The van der Waals surface area contributed by atoms with Crippen LogP contribution in [0.5, 0.6) is 0 Å². The maximum Gasteiger partial charge on any atom is 0.414 e. The molecule has 214 valence electrons. The maximum atomic E-state index is 13.0. The second-order valence-electron chi connectivity index (χ2n) is 9.96. The van der Waals surface area contributed by atoms with Crippen molar-refractivity contribution in [2.24, 2.45) is 5.92 Å². The standard InChI is InChI=1S/C26H33F3N4O5S/c1-3-22-24-18(13-33(22)12-16-5-8-23(38-15-16)26(27,28)29)9-17(10-31-24)25(35)32-21(14-34)20-7-6-19(11-30-20)39(36,37)4-2/h6-7,9-11,16,21-23,34H,3-5,8,12-15H2,1-2H3,(H,32,35)/t16-,21+,22+,23?/m1/s1. The largest absolute Gasteiger partial charge is 0.414 e. The molecule has 13 heteroatoms. The van der Waals surface area contributed by atoms with Crippen molar-refractivity contribution in [2.75, 3.05) is 25.5 Å². The minimum Gasteiger partial charge on any atom is -0.394 e. The van der Waals surface area contributed by atoms with E-state index in [4.69, 9.17) is 4.74 Å². The van der Waals surface area contributed by atoms with E-state index >= 15 is 0 Å². The summed E-state index contributed by atoms with van der Waals surface area (Å²) in [6, 6.07) is 3.74. The highest BCUT2D eigenvalue weighted by molar-refractivity contribution is 7.91. The first kappa shape index (κ1) is 29.4. The van der Waals surface area contributed by atoms with Gasteiger partial charge in [0.15, 0.2) is 15.9 Å². The molecule has 4 atom stereocenters. The number of aliphatic hydroxyl groups excluding tert-OH is 1. The van der Waals surface area contributed by atoms with Crippen molar-refractivity contribution in [2.45, 2.75) is 68.9 Å². The molecule has 2 aliphatic heterocycles. The van der Waals surface area contributed by atoms with Crippen molar-refractivity contribution < 1.29 is 36.2 Å². The molecule has 1 unspecified atom stereocenters. The number of alkyl halides is 3. The van der Waals surface area contributed by atoms with Crippen molar-refractivity contribution in [3.8, 4) is 0 Å². The fourth-order valence-electron chi connectivity index (χ4n) is 5.16. The number of ether oxygens (including phenoxy) is 1. The molecule has 1 saturated heterocycles. The van der Waals surface area contributed by atoms with Crippen LogP contribution in [0.2, 0.25) is 0 Å². The Morgan fingerprint density at radius 1 is 1.23 bits per heavy atom. The Kier molecular flexibility index (Phi) is 8.94. The monoisotopic (exact) mass is 570 g/mol. The zero-order valence-electron chi connectivity index (χ0n) is 21.8. The van der Waals surface area contributed by atoms with Gasteiger partial charge < -0.3 is 15.2 Å². The second kappa shape index (κ2) is 11.9. The van der Waals surface area contributed by atoms with Gasteiger partial charge in [-0.3, -0.25) is 19.7 Å². The predicted molar refractivity (Wildman–Crippen MR) is 135 cm³/mol. The molecule has 1 amide bonds. The second-order valence-corrected chi connectivity index (χ2v) is 12.2. The lowest BCUT2D eigenvalue weighted by molar-refractivity contribution is -0.236. The van der Waals surface area contributed by atoms with Crippen LogP contribution in [-0.2, 0) is 21.1 Å². The van der Waals surface area contributed by atoms with Crippen molar-refractivity contribution >= 4 is 15.7 Å². The number of carbonyl (C=O) groups is 1. The lowest BCUT2D eigenvalue weighted by atomic mass is 9.97. The zero-order chi connectivity index (χ0) is 28.4. The topological polar surface area (TPSA) is 122 Å². The Bertz CT molecular complexity index is 1270. The summed E-state index contributed by atoms with van der Waals surface area (Å²) < 4.78 is 67.9. The number of hydrogen-bond donors (Lipinski definition) is 2. The molecule has 4 rings (SSSR count). The van der Waals surface area contributed by atoms with Crippen LogP contribution >= 0.6 is 0 Å². The SMILES string of the molecule is CC[C@H]1c2ncc(C(=O)N[C@@H](CO)c3ccc(S(=O)(=O)CC)cn3)cc2CN1C[C@H]1CCC(C(F)(F)F)OC1. The number of nitrogens with zero attached hydrogens (tertiary/aromatic N) is 3. The normalized spacial score (nSPS) is 22.9. The average Bonchev–Trinajstić information content (AvgIpc) is 3.27. The van der Waals surface area contributed by atoms with E-state index in [0.29, 0.717) is 30.8 Å². The first-order valence-corrected chi connectivity index (χ1v) is 14.6. The summed E-state index contributed by atoms with van der Waals surface area (Å²) in [5.74, 6) is -0.559. The molecule has 0 bridgehead atoms. The van der Waals surface area contributed by atoms with Gasteiger partial charge in [0.2, 0.25) is 0 Å². The van der Waals surface area contributed by atoms with Crippen LogP contribution in [0.3, 0.4) is 0 Å². The highest BCUT2D eigenvalue weighted by Gasteiger charge is 2.43. The summed E-state index contributed by atoms with van der Waals surface area (Å²) >= 11 is 0. The summed E-state index contributed by atoms with van der Waals surface area (Å²) in [5.41, 5.74) is 2.32. The van der Waals surface area contributed by atoms with E-state index in [0.717, 1.165) is 17.7 Å². The molecule has 2 N–H and O–H groups in total. The van der Waals surface area contributed by atoms with Crippen molar-refractivity contribution in [3.05, 3.63) is 53.1 Å². The summed E-state index contributed by atoms with van der Waals surface area (Å²) in [7, 11) is -3.43. The van der Waals surface area contributed by atoms with Crippen LogP contribution in [-0.4, -0.2) is 72.1 Å². The summed E-state index contributed by atoms with van der Waals surface area (Å²) in [5, 5.41) is 12.6. The zero-order valence-corrected chi connectivity index (χ0v) is 22.6. The number of fused-ring (bicyclic) bond motifs is 1. The minimum absolute atomic E-state index is 0.00949. The third kappa shape index (κ3) is 6.59. The number of pyridine rings is 2. The van der Waals surface area contributed by atoms with Crippen LogP contribution in [0.1, 0.15) is 72.5 Å². The number of hydrogen-bond acceptors (Lipinski definition) is 8. The number of aromatic nitrogens is 2. The maximum absolute atomic E-state index is 13.0. The van der Waals surface area contributed by atoms with Gasteiger partial charge in [-0.1, -0.05) is 13.8 Å². The molecule has 39 heavy (non-hydrogen) atoms. The quantitative estimate of drug-likeness (QED) is 0.471. The van der Waals surface area contributed by atoms with Crippen LogP contribution in [0, 0.1) is 5.92 Å². The lowest BCUT2D eigenvalue weighted by Gasteiger charge is -2.34. The Morgan fingerprint density at radius 3 is 2.56 bits per heavy atom. The number of carbonyl (C=O) groups excluding carboxylic acids is 1. The average molecular weight is 571 g/mol. The molecule has 0 radical (unpaired) electrons. The minimum atomic E-state index is -4.34. The molecule has 9 nitrogen and oxygen atoms in total. The van der Waals surface area contributed by atoms with Crippen molar-refractivity contribution in [3.63, 3.8) is 0 Å².